The van der Waals surface area contributed by atoms with Crippen LogP contribution in [0.15, 0.2) is 12.2 Å². The van der Waals surface area contributed by atoms with E-state index in [1.165, 1.54) is 0 Å². The monoisotopic (exact) mass is 966 g/mol. The van der Waals surface area contributed by atoms with Crippen LogP contribution in [0.5, 0.6) is 0 Å². The molecule has 0 atom stereocenters. The quantitative estimate of drug-likeness (QED) is 0.124. The minimum atomic E-state index is -11.4. The van der Waals surface area contributed by atoms with Crippen molar-refractivity contribution in [1.29, 1.82) is 0 Å². The van der Waals surface area contributed by atoms with Gasteiger partial charge in [-0.1, -0.05) is 6.58 Å². The predicted octanol–water partition coefficient (Wildman–Crippen LogP) is 11.6. The second-order valence-electron chi connectivity index (χ2n) is 11.5. The second kappa shape index (κ2) is 12.7. The molecule has 1 rings (SSSR count). The van der Waals surface area contributed by atoms with E-state index in [0.717, 1.165) is 0 Å². The zero-order valence-corrected chi connectivity index (χ0v) is 25.8. The molecule has 1 aliphatic rings. The van der Waals surface area contributed by atoms with Crippen molar-refractivity contribution in [3.63, 3.8) is 0 Å². The number of carbonyl (C=O) groups excluding carboxylic acids is 1. The molecule has 350 valence electrons. The van der Waals surface area contributed by atoms with E-state index in [4.69, 9.17) is 0 Å². The van der Waals surface area contributed by atoms with Gasteiger partial charge < -0.3 is 4.74 Å². The van der Waals surface area contributed by atoms with E-state index in [1.54, 1.807) is 0 Å². The lowest BCUT2D eigenvalue weighted by molar-refractivity contribution is -0.521. The summed E-state index contributed by atoms with van der Waals surface area (Å²) >= 11 is 0. The molecule has 0 aromatic heterocycles. The normalized spacial score (nSPS) is 25.4. The SMILES string of the molecule is C=C(C)C(=O)OC(F)(F)C(F)(F)C(F)(F)C(F)(F)C(F)(F)C(F)(F)C(F)(F)C(F)(F)C1(F)C(F)(F)C(F)(F)C(F)(F)C(F)(F)C(F)(F)C(F)(F)C(F)(F)C(F)(F)C1(F)F. The maximum Gasteiger partial charge on any atom is 0.473 e. The molecule has 0 N–H and O–H groups in total. The number of ether oxygens (including phenoxy) is 1. The van der Waals surface area contributed by atoms with Crippen molar-refractivity contribution < 1.29 is 163 Å². The van der Waals surface area contributed by atoms with Gasteiger partial charge in [0.25, 0.3) is 0 Å². The Morgan fingerprint density at radius 1 is 0.356 bits per heavy atom. The fraction of sp³-hybridized carbons (Fsp3) is 0.864. The van der Waals surface area contributed by atoms with Gasteiger partial charge in [-0.3, -0.25) is 0 Å². The molecule has 2 nitrogen and oxygen atoms in total. The first kappa shape index (κ1) is 53.8. The van der Waals surface area contributed by atoms with E-state index in [-0.39, 0.29) is 6.92 Å². The van der Waals surface area contributed by atoms with Crippen molar-refractivity contribution in [1.82, 2.24) is 0 Å². The molecule has 0 aromatic carbocycles. The summed E-state index contributed by atoms with van der Waals surface area (Å²) in [6.07, 6.45) is -7.97. The number of rotatable bonds is 10. The van der Waals surface area contributed by atoms with Gasteiger partial charge in [-0.05, 0) is 6.92 Å². The minimum absolute atomic E-state index is 0.0324. The maximum absolute atomic E-state index is 15.3. The Bertz CT molecular complexity index is 1610. The molecule has 1 fully saturated rings. The first-order valence-corrected chi connectivity index (χ1v) is 12.8. The summed E-state index contributed by atoms with van der Waals surface area (Å²) in [4.78, 5) is 10.9. The zero-order valence-electron chi connectivity index (χ0n) is 25.8. The highest BCUT2D eigenvalue weighted by molar-refractivity contribution is 5.87. The van der Waals surface area contributed by atoms with Crippen LogP contribution < -0.4 is 0 Å². The Balaban J connectivity index is 4.68. The van der Waals surface area contributed by atoms with Gasteiger partial charge in [-0.25, -0.2) is 9.18 Å². The van der Waals surface area contributed by atoms with Crippen molar-refractivity contribution in [3.8, 4) is 0 Å². The lowest BCUT2D eigenvalue weighted by atomic mass is 9.69. The topological polar surface area (TPSA) is 26.3 Å². The third kappa shape index (κ3) is 5.42. The molecule has 0 unspecified atom stereocenters. The van der Waals surface area contributed by atoms with Gasteiger partial charge in [0.05, 0.1) is 0 Å². The average molecular weight is 966 g/mol. The van der Waals surface area contributed by atoms with E-state index in [2.05, 4.69) is 11.3 Å². The first-order valence-electron chi connectivity index (χ1n) is 12.8. The molecule has 0 heterocycles. The number of esters is 1. The Hall–Kier alpha value is -3.24. The van der Waals surface area contributed by atoms with E-state index in [9.17, 15) is 154 Å². The molecule has 0 saturated heterocycles. The maximum atomic E-state index is 15.3. The van der Waals surface area contributed by atoms with E-state index in [0.29, 0.717) is 0 Å². The average Bonchev–Trinajstić information content (AvgIpc) is 3.01. The minimum Gasteiger partial charge on any atom is -0.393 e. The van der Waals surface area contributed by atoms with Gasteiger partial charge in [0.1, 0.15) is 0 Å². The van der Waals surface area contributed by atoms with Crippen LogP contribution in [0.25, 0.3) is 0 Å². The number of halogens is 35. The van der Waals surface area contributed by atoms with E-state index < -0.39 is 118 Å². The van der Waals surface area contributed by atoms with Gasteiger partial charge in [0.2, 0.25) is 0 Å². The smallest absolute Gasteiger partial charge is 0.393 e. The highest BCUT2D eigenvalue weighted by Gasteiger charge is 3.08. The van der Waals surface area contributed by atoms with Gasteiger partial charge in [-0.2, -0.15) is 149 Å². The predicted molar refractivity (Wildman–Crippen MR) is 109 cm³/mol. The van der Waals surface area contributed by atoms with Gasteiger partial charge in [0, 0.05) is 5.57 Å². The molecular weight excluding hydrogens is 961 g/mol. The van der Waals surface area contributed by atoms with Crippen LogP contribution in [-0.4, -0.2) is 113 Å². The van der Waals surface area contributed by atoms with Crippen LogP contribution in [0.3, 0.4) is 0 Å². The second-order valence-corrected chi connectivity index (χ2v) is 11.5. The Kier molecular flexibility index (Phi) is 11.5. The molecule has 0 spiro atoms. The molecule has 1 saturated carbocycles. The summed E-state index contributed by atoms with van der Waals surface area (Å²) in [5.41, 5.74) is -13.1. The Morgan fingerprint density at radius 2 is 0.542 bits per heavy atom. The van der Waals surface area contributed by atoms with E-state index in [1.807, 2.05) is 0 Å². The fourth-order valence-electron chi connectivity index (χ4n) is 4.06. The summed E-state index contributed by atoms with van der Waals surface area (Å²) in [6.45, 7) is 2.24. The number of hydrogen-bond donors (Lipinski definition) is 0. The lowest BCUT2D eigenvalue weighted by Gasteiger charge is -2.54. The van der Waals surface area contributed by atoms with E-state index >= 15 is 4.39 Å². The van der Waals surface area contributed by atoms with Gasteiger partial charge in [0.15, 0.2) is 0 Å². The largest absolute Gasteiger partial charge is 0.473 e. The summed E-state index contributed by atoms with van der Waals surface area (Å²) in [5.74, 6) is -167. The van der Waals surface area contributed by atoms with Crippen molar-refractivity contribution >= 4 is 5.97 Å². The van der Waals surface area contributed by atoms with Crippen molar-refractivity contribution in [2.45, 2.75) is 113 Å². The Morgan fingerprint density at radius 3 is 0.763 bits per heavy atom. The van der Waals surface area contributed by atoms with Crippen LogP contribution in [-0.2, 0) is 9.53 Å². The molecule has 0 aromatic rings. The van der Waals surface area contributed by atoms with Gasteiger partial charge in [-0.15, -0.1) is 0 Å². The molecule has 1 aliphatic carbocycles. The summed E-state index contributed by atoms with van der Waals surface area (Å²) in [7, 11) is 0. The summed E-state index contributed by atoms with van der Waals surface area (Å²) in [6, 6.07) is 0. The number of alkyl halides is 35. The highest BCUT2D eigenvalue weighted by atomic mass is 19.4. The third-order valence-corrected chi connectivity index (χ3v) is 7.75. The Labute approximate surface area is 296 Å². The third-order valence-electron chi connectivity index (χ3n) is 7.75. The molecule has 37 heteroatoms. The zero-order chi connectivity index (χ0) is 48.9. The highest BCUT2D eigenvalue weighted by Crippen LogP contribution is 2.75. The summed E-state index contributed by atoms with van der Waals surface area (Å²) in [5, 5.41) is 0. The molecule has 0 amide bonds. The summed E-state index contributed by atoms with van der Waals surface area (Å²) < 4.78 is 497. The standard InChI is InChI=1S/C22H5F35O2/c1-3(2)4(58)59-22(56,57)21(54,55)20(52,53)19(50,51)17(46,47)14(40,41)11(34,35)8(28,29)5(23)6(24,25)9(30,31)12(36,37)15(42,43)18(48,49)16(44,45)13(38,39)10(32,33)7(5,26)27/h1H2,2H3. The first-order chi connectivity index (χ1) is 24.8. The van der Waals surface area contributed by atoms with Crippen LogP contribution in [0.4, 0.5) is 154 Å². The van der Waals surface area contributed by atoms with Crippen LogP contribution >= 0.6 is 0 Å². The van der Waals surface area contributed by atoms with Crippen molar-refractivity contribution in [2.24, 2.45) is 0 Å². The molecule has 0 bridgehead atoms. The van der Waals surface area contributed by atoms with Crippen LogP contribution in [0.2, 0.25) is 0 Å². The fourth-order valence-corrected chi connectivity index (χ4v) is 4.06. The number of hydrogen-bond acceptors (Lipinski definition) is 2. The van der Waals surface area contributed by atoms with Crippen LogP contribution in [0, 0.1) is 0 Å². The van der Waals surface area contributed by atoms with Gasteiger partial charge >= 0.3 is 113 Å². The molecule has 0 aliphatic heterocycles. The van der Waals surface area contributed by atoms with Crippen molar-refractivity contribution in [3.05, 3.63) is 12.2 Å². The molecular formula is C22H5F35O2. The molecule has 59 heavy (non-hydrogen) atoms. The lowest BCUT2D eigenvalue weighted by Crippen LogP contribution is -2.88. The van der Waals surface area contributed by atoms with Crippen molar-refractivity contribution in [2.75, 3.05) is 0 Å². The molecule has 0 radical (unpaired) electrons. The van der Waals surface area contributed by atoms with Crippen LogP contribution in [0.1, 0.15) is 6.92 Å². The number of carbonyl (C=O) groups is 1.